The van der Waals surface area contributed by atoms with Gasteiger partial charge >= 0.3 is 0 Å². The van der Waals surface area contributed by atoms with Crippen molar-refractivity contribution >= 4 is 27.7 Å². The number of thioether (sulfide) groups is 1. The molecule has 116 valence electrons. The molecule has 22 heavy (non-hydrogen) atoms. The molecule has 1 nitrogen and oxygen atoms in total. The van der Waals surface area contributed by atoms with Gasteiger partial charge in [0, 0.05) is 27.6 Å². The topological polar surface area (TPSA) is 12.0 Å². The number of halogens is 2. The molecule has 1 aliphatic rings. The summed E-state index contributed by atoms with van der Waals surface area (Å²) in [6, 6.07) is 16.3. The first-order chi connectivity index (χ1) is 10.6. The summed E-state index contributed by atoms with van der Waals surface area (Å²) in [7, 11) is 0. The van der Waals surface area contributed by atoms with Gasteiger partial charge in [-0.05, 0) is 36.6 Å². The van der Waals surface area contributed by atoms with Gasteiger partial charge < -0.3 is 5.32 Å². The van der Waals surface area contributed by atoms with Gasteiger partial charge in [0.1, 0.15) is 5.82 Å². The van der Waals surface area contributed by atoms with Crippen LogP contribution in [-0.2, 0) is 6.42 Å². The SMILES string of the molecule is C[C@@H]1NCC(c2ccccc2)SC1Cc1ccc(Br)cc1F. The fraction of sp³-hybridized carbons (Fsp3) is 0.333. The lowest BCUT2D eigenvalue weighted by atomic mass is 10.0. The second kappa shape index (κ2) is 7.16. The average Bonchev–Trinajstić information content (AvgIpc) is 2.53. The predicted molar refractivity (Wildman–Crippen MR) is 95.8 cm³/mol. The normalized spacial score (nSPS) is 25.1. The van der Waals surface area contributed by atoms with Gasteiger partial charge in [-0.2, -0.15) is 0 Å². The minimum atomic E-state index is -0.121. The van der Waals surface area contributed by atoms with Crippen LogP contribution in [0.15, 0.2) is 53.0 Å². The zero-order valence-corrected chi connectivity index (χ0v) is 14.8. The first-order valence-corrected chi connectivity index (χ1v) is 9.25. The van der Waals surface area contributed by atoms with E-state index in [-0.39, 0.29) is 5.82 Å². The molecule has 0 saturated carbocycles. The van der Waals surface area contributed by atoms with E-state index < -0.39 is 0 Å². The van der Waals surface area contributed by atoms with E-state index in [1.54, 1.807) is 6.07 Å². The summed E-state index contributed by atoms with van der Waals surface area (Å²) in [6.07, 6.45) is 0.751. The maximum Gasteiger partial charge on any atom is 0.127 e. The van der Waals surface area contributed by atoms with Crippen molar-refractivity contribution in [2.75, 3.05) is 6.54 Å². The molecule has 1 heterocycles. The Hall–Kier alpha value is -0.840. The molecule has 3 atom stereocenters. The van der Waals surface area contributed by atoms with Gasteiger partial charge in [-0.1, -0.05) is 52.3 Å². The Kier molecular flexibility index (Phi) is 5.21. The summed E-state index contributed by atoms with van der Waals surface area (Å²) in [6.45, 7) is 3.16. The molecule has 4 heteroatoms. The number of benzene rings is 2. The maximum atomic E-state index is 14.1. The summed E-state index contributed by atoms with van der Waals surface area (Å²) in [4.78, 5) is 0. The molecule has 2 aromatic carbocycles. The average molecular weight is 380 g/mol. The van der Waals surface area contributed by atoms with Crippen LogP contribution in [0.1, 0.15) is 23.3 Å². The first-order valence-electron chi connectivity index (χ1n) is 7.51. The molecule has 1 N–H and O–H groups in total. The Labute approximate surface area is 143 Å². The van der Waals surface area contributed by atoms with Crippen LogP contribution in [0, 0.1) is 5.82 Å². The van der Waals surface area contributed by atoms with E-state index in [1.807, 2.05) is 30.0 Å². The van der Waals surface area contributed by atoms with E-state index in [0.29, 0.717) is 16.5 Å². The van der Waals surface area contributed by atoms with E-state index in [2.05, 4.69) is 52.4 Å². The highest BCUT2D eigenvalue weighted by atomic mass is 79.9. The number of hydrogen-bond acceptors (Lipinski definition) is 2. The summed E-state index contributed by atoms with van der Waals surface area (Å²) in [5.41, 5.74) is 2.14. The largest absolute Gasteiger partial charge is 0.312 e. The molecule has 0 aromatic heterocycles. The fourth-order valence-electron chi connectivity index (χ4n) is 2.79. The zero-order valence-electron chi connectivity index (χ0n) is 12.4. The standard InChI is InChI=1S/C18H19BrFNS/c1-12-17(9-14-7-8-15(19)10-16(14)20)22-18(11-21-12)13-5-3-2-4-6-13/h2-8,10,12,17-18,21H,9,11H2,1H3/t12-,17?,18?/m0/s1. The molecular weight excluding hydrogens is 361 g/mol. The Bertz CT molecular complexity index is 634. The molecule has 1 fully saturated rings. The van der Waals surface area contributed by atoms with Crippen LogP contribution in [0.2, 0.25) is 0 Å². The van der Waals surface area contributed by atoms with Crippen molar-refractivity contribution in [3.8, 4) is 0 Å². The number of rotatable bonds is 3. The molecule has 2 unspecified atom stereocenters. The molecule has 1 aliphatic heterocycles. The third kappa shape index (κ3) is 3.73. The van der Waals surface area contributed by atoms with Crippen LogP contribution >= 0.6 is 27.7 Å². The van der Waals surface area contributed by atoms with E-state index in [1.165, 1.54) is 5.56 Å². The van der Waals surface area contributed by atoms with Crippen LogP contribution in [-0.4, -0.2) is 17.8 Å². The lowest BCUT2D eigenvalue weighted by molar-refractivity contribution is 0.496. The van der Waals surface area contributed by atoms with E-state index in [9.17, 15) is 4.39 Å². The summed E-state index contributed by atoms with van der Waals surface area (Å²) in [5, 5.41) is 4.38. The lowest BCUT2D eigenvalue weighted by Crippen LogP contribution is -2.43. The van der Waals surface area contributed by atoms with Crippen LogP contribution < -0.4 is 5.32 Å². The first kappa shape index (κ1) is 16.0. The predicted octanol–water partition coefficient (Wildman–Crippen LogP) is 4.97. The van der Waals surface area contributed by atoms with Gasteiger partial charge in [-0.25, -0.2) is 4.39 Å². The quantitative estimate of drug-likeness (QED) is 0.807. The molecule has 0 spiro atoms. The van der Waals surface area contributed by atoms with E-state index in [0.717, 1.165) is 23.0 Å². The van der Waals surface area contributed by atoms with Gasteiger partial charge in [0.05, 0.1) is 0 Å². The maximum absolute atomic E-state index is 14.1. The van der Waals surface area contributed by atoms with Crippen LogP contribution in [0.4, 0.5) is 4.39 Å². The van der Waals surface area contributed by atoms with Crippen LogP contribution in [0.5, 0.6) is 0 Å². The number of nitrogens with one attached hydrogen (secondary N) is 1. The van der Waals surface area contributed by atoms with Gasteiger partial charge in [-0.3, -0.25) is 0 Å². The summed E-state index contributed by atoms with van der Waals surface area (Å²) in [5.74, 6) is -0.121. The number of hydrogen-bond donors (Lipinski definition) is 1. The Morgan fingerprint density at radius 2 is 2.00 bits per heavy atom. The molecule has 2 aromatic rings. The van der Waals surface area contributed by atoms with Crippen LogP contribution in [0.3, 0.4) is 0 Å². The van der Waals surface area contributed by atoms with Gasteiger partial charge in [0.25, 0.3) is 0 Å². The van der Waals surface area contributed by atoms with Gasteiger partial charge in [-0.15, -0.1) is 11.8 Å². The van der Waals surface area contributed by atoms with Gasteiger partial charge in [0.15, 0.2) is 0 Å². The molecule has 3 rings (SSSR count). The highest BCUT2D eigenvalue weighted by molar-refractivity contribution is 9.10. The van der Waals surface area contributed by atoms with Crippen molar-refractivity contribution in [1.29, 1.82) is 0 Å². The van der Waals surface area contributed by atoms with E-state index >= 15 is 0 Å². The van der Waals surface area contributed by atoms with Gasteiger partial charge in [0.2, 0.25) is 0 Å². The monoisotopic (exact) mass is 379 g/mol. The molecule has 0 aliphatic carbocycles. The van der Waals surface area contributed by atoms with Crippen molar-refractivity contribution in [2.24, 2.45) is 0 Å². The van der Waals surface area contributed by atoms with Crippen molar-refractivity contribution in [3.63, 3.8) is 0 Å². The summed E-state index contributed by atoms with van der Waals surface area (Å²) >= 11 is 5.28. The Morgan fingerprint density at radius 1 is 1.23 bits per heavy atom. The lowest BCUT2D eigenvalue weighted by Gasteiger charge is -2.35. The molecule has 0 radical (unpaired) electrons. The van der Waals surface area contributed by atoms with Crippen molar-refractivity contribution in [1.82, 2.24) is 5.32 Å². The fourth-order valence-corrected chi connectivity index (χ4v) is 4.66. The highest BCUT2D eigenvalue weighted by Crippen LogP contribution is 2.38. The second-order valence-corrected chi connectivity index (χ2v) is 8.07. The molecule has 0 amide bonds. The third-order valence-corrected chi connectivity index (χ3v) is 6.31. The highest BCUT2D eigenvalue weighted by Gasteiger charge is 2.29. The zero-order chi connectivity index (χ0) is 15.5. The second-order valence-electron chi connectivity index (χ2n) is 5.71. The molecule has 0 bridgehead atoms. The Balaban J connectivity index is 1.74. The smallest absolute Gasteiger partial charge is 0.127 e. The Morgan fingerprint density at radius 3 is 2.73 bits per heavy atom. The molecule has 1 saturated heterocycles. The van der Waals surface area contributed by atoms with Crippen molar-refractivity contribution in [3.05, 3.63) is 69.9 Å². The minimum Gasteiger partial charge on any atom is -0.312 e. The molecular formula is C18H19BrFNS. The van der Waals surface area contributed by atoms with Crippen molar-refractivity contribution in [2.45, 2.75) is 29.9 Å². The van der Waals surface area contributed by atoms with E-state index in [4.69, 9.17) is 0 Å². The van der Waals surface area contributed by atoms with Crippen molar-refractivity contribution < 1.29 is 4.39 Å². The minimum absolute atomic E-state index is 0.121. The third-order valence-electron chi connectivity index (χ3n) is 4.13. The summed E-state index contributed by atoms with van der Waals surface area (Å²) < 4.78 is 14.9. The van der Waals surface area contributed by atoms with Crippen LogP contribution in [0.25, 0.3) is 0 Å².